The third-order valence-corrected chi connectivity index (χ3v) is 1.50. The molecule has 0 rings (SSSR count). The fourth-order valence-corrected chi connectivity index (χ4v) is 0.0833. The van der Waals surface area contributed by atoms with Crippen LogP contribution in [0.4, 0.5) is 0 Å². The van der Waals surface area contributed by atoms with Gasteiger partial charge in [0, 0.05) is 6.21 Å². The van der Waals surface area contributed by atoms with Crippen molar-refractivity contribution in [3.8, 4) is 0 Å². The van der Waals surface area contributed by atoms with Gasteiger partial charge in [0.05, 0.1) is 0 Å². The second-order valence-electron chi connectivity index (χ2n) is 2.98. The normalized spacial score (nSPS) is 10.5. The molecule has 0 aromatic rings. The van der Waals surface area contributed by atoms with E-state index in [2.05, 4.69) is 20.8 Å². The van der Waals surface area contributed by atoms with Crippen LogP contribution in [0.5, 0.6) is 0 Å². The molecule has 11 heavy (non-hydrogen) atoms. The maximum atomic E-state index is 6.62. The summed E-state index contributed by atoms with van der Waals surface area (Å²) in [5.74, 6) is 0.884. The molecule has 1 N–H and O–H groups in total. The van der Waals surface area contributed by atoms with E-state index in [0.29, 0.717) is 0 Å². The summed E-state index contributed by atoms with van der Waals surface area (Å²) in [5, 5.41) is 6.62. The Morgan fingerprint density at radius 1 is 1.45 bits per heavy atom. The van der Waals surface area contributed by atoms with Gasteiger partial charge in [-0.1, -0.05) is 33.3 Å². The average Bonchev–Trinajstić information content (AvgIpc) is 2.04. The predicted octanol–water partition coefficient (Wildman–Crippen LogP) is 3.65. The Morgan fingerprint density at radius 3 is 1.82 bits per heavy atom. The lowest BCUT2D eigenvalue weighted by Crippen LogP contribution is -1.77. The summed E-state index contributed by atoms with van der Waals surface area (Å²) in [6.45, 7) is 10.5. The van der Waals surface area contributed by atoms with E-state index in [-0.39, 0.29) is 0 Å². The number of hydrogen-bond donors (Lipinski definition) is 1. The number of hydrogen-bond acceptors (Lipinski definition) is 1. The van der Waals surface area contributed by atoms with E-state index in [1.165, 1.54) is 12.6 Å². The molecule has 0 heterocycles. The standard InChI is InChI=1S/C5H9N.C5H12/c1-3-5(2)4-6;1-4-5(2)3/h3-4,6H,1-2H3;5H,4H2,1-3H3/b5-3-,6-4?;. The van der Waals surface area contributed by atoms with E-state index in [0.717, 1.165) is 11.5 Å². The Labute approximate surface area is 71.0 Å². The summed E-state index contributed by atoms with van der Waals surface area (Å²) >= 11 is 0. The van der Waals surface area contributed by atoms with Gasteiger partial charge in [-0.25, -0.2) is 0 Å². The predicted molar refractivity (Wildman–Crippen MR) is 53.3 cm³/mol. The van der Waals surface area contributed by atoms with Crippen LogP contribution in [-0.2, 0) is 0 Å². The highest BCUT2D eigenvalue weighted by molar-refractivity contribution is 5.74. The van der Waals surface area contributed by atoms with Crippen molar-refractivity contribution >= 4 is 6.21 Å². The second kappa shape index (κ2) is 9.41. The van der Waals surface area contributed by atoms with Gasteiger partial charge < -0.3 is 5.41 Å². The molecule has 0 saturated carbocycles. The van der Waals surface area contributed by atoms with Gasteiger partial charge in [-0.2, -0.15) is 0 Å². The molecule has 0 atom stereocenters. The first-order valence-electron chi connectivity index (χ1n) is 4.21. The van der Waals surface area contributed by atoms with Crippen molar-refractivity contribution in [2.24, 2.45) is 5.92 Å². The van der Waals surface area contributed by atoms with Gasteiger partial charge in [0.25, 0.3) is 0 Å². The quantitative estimate of drug-likeness (QED) is 0.588. The van der Waals surface area contributed by atoms with Gasteiger partial charge in [0.1, 0.15) is 0 Å². The van der Waals surface area contributed by atoms with E-state index < -0.39 is 0 Å². The van der Waals surface area contributed by atoms with E-state index in [1.54, 1.807) is 0 Å². The minimum atomic E-state index is 0.884. The van der Waals surface area contributed by atoms with E-state index in [1.807, 2.05) is 19.9 Å². The first-order chi connectivity index (χ1) is 5.08. The van der Waals surface area contributed by atoms with Crippen LogP contribution >= 0.6 is 0 Å². The summed E-state index contributed by atoms with van der Waals surface area (Å²) in [4.78, 5) is 0. The molecule has 0 amide bonds. The van der Waals surface area contributed by atoms with E-state index in [9.17, 15) is 0 Å². The van der Waals surface area contributed by atoms with Gasteiger partial charge in [0.2, 0.25) is 0 Å². The fraction of sp³-hybridized carbons (Fsp3) is 0.700. The van der Waals surface area contributed by atoms with Gasteiger partial charge >= 0.3 is 0 Å². The number of rotatable bonds is 2. The van der Waals surface area contributed by atoms with Crippen molar-refractivity contribution in [2.45, 2.75) is 41.0 Å². The molecule has 0 fully saturated rings. The van der Waals surface area contributed by atoms with Crippen LogP contribution in [0.25, 0.3) is 0 Å². The van der Waals surface area contributed by atoms with E-state index in [4.69, 9.17) is 5.41 Å². The van der Waals surface area contributed by atoms with Crippen molar-refractivity contribution in [3.63, 3.8) is 0 Å². The van der Waals surface area contributed by atoms with Crippen LogP contribution < -0.4 is 0 Å². The van der Waals surface area contributed by atoms with Crippen LogP contribution in [0.1, 0.15) is 41.0 Å². The monoisotopic (exact) mass is 155 g/mol. The Kier molecular flexibility index (Phi) is 11.1. The van der Waals surface area contributed by atoms with Crippen molar-refractivity contribution in [1.29, 1.82) is 5.41 Å². The Morgan fingerprint density at radius 2 is 1.82 bits per heavy atom. The lowest BCUT2D eigenvalue weighted by atomic mass is 10.2. The van der Waals surface area contributed by atoms with Crippen molar-refractivity contribution in [2.75, 3.05) is 0 Å². The van der Waals surface area contributed by atoms with Crippen LogP contribution in [0.15, 0.2) is 11.6 Å². The third kappa shape index (κ3) is 17.7. The highest BCUT2D eigenvalue weighted by Gasteiger charge is 1.80. The topological polar surface area (TPSA) is 23.9 Å². The molecule has 0 aliphatic heterocycles. The smallest absolute Gasteiger partial charge is 0.0203 e. The van der Waals surface area contributed by atoms with Crippen molar-refractivity contribution < 1.29 is 0 Å². The van der Waals surface area contributed by atoms with Crippen LogP contribution in [0.3, 0.4) is 0 Å². The molecular formula is C10H21N. The summed E-state index contributed by atoms with van der Waals surface area (Å²) in [5.41, 5.74) is 1.01. The average molecular weight is 155 g/mol. The van der Waals surface area contributed by atoms with E-state index >= 15 is 0 Å². The molecule has 0 unspecified atom stereocenters. The minimum absolute atomic E-state index is 0.884. The Bertz CT molecular complexity index is 112. The molecule has 1 nitrogen and oxygen atoms in total. The molecule has 66 valence electrons. The minimum Gasteiger partial charge on any atom is -0.308 e. The van der Waals surface area contributed by atoms with Crippen molar-refractivity contribution in [1.82, 2.24) is 0 Å². The van der Waals surface area contributed by atoms with Crippen LogP contribution in [0, 0.1) is 11.3 Å². The van der Waals surface area contributed by atoms with Crippen molar-refractivity contribution in [3.05, 3.63) is 11.6 Å². The van der Waals surface area contributed by atoms with Gasteiger partial charge in [-0.3, -0.25) is 0 Å². The molecule has 0 aliphatic carbocycles. The SMILES string of the molecule is C/C=C(/C)C=N.CCC(C)C. The summed E-state index contributed by atoms with van der Waals surface area (Å²) in [7, 11) is 0. The zero-order chi connectivity index (χ0) is 9.28. The highest BCUT2D eigenvalue weighted by Crippen LogP contribution is 1.93. The van der Waals surface area contributed by atoms with Crippen LogP contribution in [0.2, 0.25) is 0 Å². The van der Waals surface area contributed by atoms with Crippen LogP contribution in [-0.4, -0.2) is 6.21 Å². The summed E-state index contributed by atoms with van der Waals surface area (Å²) < 4.78 is 0. The zero-order valence-electron chi connectivity index (χ0n) is 8.44. The molecule has 0 spiro atoms. The number of nitrogens with one attached hydrogen (secondary N) is 1. The van der Waals surface area contributed by atoms with Gasteiger partial charge in [-0.05, 0) is 25.3 Å². The zero-order valence-corrected chi connectivity index (χ0v) is 8.44. The fourth-order valence-electron chi connectivity index (χ4n) is 0.0833. The Hall–Kier alpha value is -0.590. The largest absolute Gasteiger partial charge is 0.308 e. The molecule has 1 heteroatoms. The molecule has 0 aromatic heterocycles. The maximum Gasteiger partial charge on any atom is 0.0203 e. The molecule has 0 radical (unpaired) electrons. The third-order valence-electron chi connectivity index (χ3n) is 1.50. The molecule has 0 bridgehead atoms. The lowest BCUT2D eigenvalue weighted by molar-refractivity contribution is 0.626. The highest BCUT2D eigenvalue weighted by atomic mass is 14.3. The molecule has 0 aromatic carbocycles. The number of allylic oxidation sites excluding steroid dienone is 2. The molecule has 0 aliphatic rings. The summed E-state index contributed by atoms with van der Waals surface area (Å²) in [6, 6.07) is 0. The molecule has 0 saturated heterocycles. The lowest BCUT2D eigenvalue weighted by Gasteiger charge is -1.90. The first-order valence-corrected chi connectivity index (χ1v) is 4.21. The second-order valence-corrected chi connectivity index (χ2v) is 2.98. The first kappa shape index (κ1) is 13.0. The summed E-state index contributed by atoms with van der Waals surface area (Å²) in [6.07, 6.45) is 4.53. The van der Waals surface area contributed by atoms with Gasteiger partial charge in [0.15, 0.2) is 0 Å². The molecular weight excluding hydrogens is 134 g/mol. The Balaban J connectivity index is 0. The van der Waals surface area contributed by atoms with Gasteiger partial charge in [-0.15, -0.1) is 0 Å². The maximum absolute atomic E-state index is 6.62.